The highest BCUT2D eigenvalue weighted by Crippen LogP contribution is 2.39. The number of esters is 1. The molecule has 1 aliphatic rings. The standard InChI is InChI=1S/C39H57Cl6NO10SSi/c1-10-58(11-2,12-3)56-30-19-32(47)54-29(26(6)18-28-21-57-31(46-28)20-51-35(49)52-22-38(40,41)42)17-16-24(4)14-13-15-25(5)33(27(7)34(48)37(30,8)9)55-36(50)53-23-39(43,44)45/h16,18,21,25,27,29-30,33H,10-15,17,19-20,22-23H2,1-9H3/b24-16-,26-18+/t25-,27+,29?,30-,33-/m0/s1. The van der Waals surface area contributed by atoms with Crippen molar-refractivity contribution >= 4 is 119 Å². The van der Waals surface area contributed by atoms with E-state index in [1.54, 1.807) is 26.2 Å². The molecule has 5 atom stereocenters. The van der Waals surface area contributed by atoms with Crippen LogP contribution in [0.25, 0.3) is 6.08 Å². The van der Waals surface area contributed by atoms with Crippen LogP contribution in [0.3, 0.4) is 0 Å². The van der Waals surface area contributed by atoms with Crippen molar-refractivity contribution in [2.45, 2.75) is 145 Å². The average Bonchev–Trinajstić information content (AvgIpc) is 3.59. The third-order valence-corrected chi connectivity index (χ3v) is 16.6. The Balaban J connectivity index is 2.50. The SMILES string of the molecule is CC[Si](CC)(CC)O[C@H]1CC(=O)OC(/C(C)=C/c2csc(COC(=O)OCC(Cl)(Cl)Cl)n2)C/C=C(/C)CCC[C@H](C)[C@H](OC(=O)OCC(Cl)(Cl)Cl)[C@@H](C)C(=O)C1(C)C. The maximum absolute atomic E-state index is 14.7. The lowest BCUT2D eigenvalue weighted by atomic mass is 9.73. The van der Waals surface area contributed by atoms with Crippen LogP contribution in [-0.2, 0) is 44.3 Å². The minimum atomic E-state index is -2.39. The highest BCUT2D eigenvalue weighted by molar-refractivity contribution is 7.09. The number of allylic oxidation sites excluding steroid dienone is 1. The number of thiazole rings is 1. The van der Waals surface area contributed by atoms with Crippen LogP contribution in [0.15, 0.2) is 22.6 Å². The monoisotopic (exact) mass is 969 g/mol. The van der Waals surface area contributed by atoms with Gasteiger partial charge in [0.25, 0.3) is 0 Å². The molecular weight excluding hydrogens is 915 g/mol. The second-order valence-corrected chi connectivity index (χ2v) is 26.0. The van der Waals surface area contributed by atoms with E-state index in [-0.39, 0.29) is 24.7 Å². The zero-order valence-electron chi connectivity index (χ0n) is 34.6. The van der Waals surface area contributed by atoms with Gasteiger partial charge in [0.05, 0.1) is 24.1 Å². The summed E-state index contributed by atoms with van der Waals surface area (Å²) in [7, 11) is -2.39. The van der Waals surface area contributed by atoms with Crippen molar-refractivity contribution in [1.82, 2.24) is 4.98 Å². The minimum Gasteiger partial charge on any atom is -0.457 e. The van der Waals surface area contributed by atoms with Gasteiger partial charge in [0.1, 0.15) is 42.8 Å². The predicted molar refractivity (Wildman–Crippen MR) is 235 cm³/mol. The molecule has 1 unspecified atom stereocenters. The van der Waals surface area contributed by atoms with E-state index in [1.807, 2.05) is 32.9 Å². The summed E-state index contributed by atoms with van der Waals surface area (Å²) in [6, 6.07) is 2.36. The van der Waals surface area contributed by atoms with Crippen LogP contribution in [0.2, 0.25) is 18.1 Å². The fraction of sp³-hybridized carbons (Fsp3) is 0.718. The van der Waals surface area contributed by atoms with Gasteiger partial charge in [-0.25, -0.2) is 14.6 Å². The van der Waals surface area contributed by atoms with Crippen molar-refractivity contribution in [1.29, 1.82) is 0 Å². The first-order chi connectivity index (χ1) is 26.8. The number of hydrogen-bond donors (Lipinski definition) is 0. The molecule has 2 heterocycles. The third-order valence-electron chi connectivity index (χ3n) is 10.5. The fourth-order valence-electron chi connectivity index (χ4n) is 6.69. The van der Waals surface area contributed by atoms with E-state index in [0.717, 1.165) is 35.7 Å². The first kappa shape index (κ1) is 52.8. The first-order valence-corrected chi connectivity index (χ1v) is 25.0. The molecule has 1 aliphatic heterocycles. The van der Waals surface area contributed by atoms with Crippen molar-refractivity contribution in [3.63, 3.8) is 0 Å². The molecule has 0 spiro atoms. The maximum Gasteiger partial charge on any atom is 0.508 e. The molecule has 0 fully saturated rings. The van der Waals surface area contributed by atoms with Crippen LogP contribution in [0.4, 0.5) is 9.59 Å². The molecular formula is C39H57Cl6NO10SSi. The molecule has 11 nitrogen and oxygen atoms in total. The molecule has 19 heteroatoms. The van der Waals surface area contributed by atoms with Crippen molar-refractivity contribution in [2.75, 3.05) is 13.2 Å². The van der Waals surface area contributed by atoms with Crippen LogP contribution in [0, 0.1) is 17.3 Å². The molecule has 330 valence electrons. The van der Waals surface area contributed by atoms with Crippen molar-refractivity contribution in [3.8, 4) is 0 Å². The summed E-state index contributed by atoms with van der Waals surface area (Å²) in [5, 5.41) is 2.28. The molecule has 0 N–H and O–H groups in total. The van der Waals surface area contributed by atoms with E-state index in [1.165, 1.54) is 11.3 Å². The van der Waals surface area contributed by atoms with Crippen molar-refractivity contribution < 1.29 is 47.3 Å². The Morgan fingerprint density at radius 3 is 2.14 bits per heavy atom. The largest absolute Gasteiger partial charge is 0.508 e. The van der Waals surface area contributed by atoms with Crippen LogP contribution in [0.5, 0.6) is 0 Å². The summed E-state index contributed by atoms with van der Waals surface area (Å²) in [5.74, 6) is -1.83. The summed E-state index contributed by atoms with van der Waals surface area (Å²) in [5.41, 5.74) is 1.17. The van der Waals surface area contributed by atoms with Crippen LogP contribution >= 0.6 is 80.9 Å². The molecule has 0 aliphatic carbocycles. The van der Waals surface area contributed by atoms with Gasteiger partial charge in [0.2, 0.25) is 7.59 Å². The second kappa shape index (κ2) is 23.8. The normalized spacial score (nSPS) is 24.3. The van der Waals surface area contributed by atoms with Crippen molar-refractivity contribution in [2.24, 2.45) is 17.3 Å². The summed E-state index contributed by atoms with van der Waals surface area (Å²) in [4.78, 5) is 58.1. The summed E-state index contributed by atoms with van der Waals surface area (Å²) in [6.45, 7) is 16.1. The van der Waals surface area contributed by atoms with Gasteiger partial charge < -0.3 is 28.1 Å². The van der Waals surface area contributed by atoms with E-state index in [4.69, 9.17) is 97.7 Å². The summed E-state index contributed by atoms with van der Waals surface area (Å²) >= 11 is 35.5. The van der Waals surface area contributed by atoms with E-state index >= 15 is 0 Å². The number of aromatic nitrogens is 1. The molecule has 0 radical (unpaired) electrons. The Kier molecular flexibility index (Phi) is 21.7. The summed E-state index contributed by atoms with van der Waals surface area (Å²) in [6.07, 6.45) is 1.68. The zero-order valence-corrected chi connectivity index (χ0v) is 41.0. The number of ether oxygens (including phenoxy) is 5. The number of ketones is 1. The highest BCUT2D eigenvalue weighted by Gasteiger charge is 2.48. The van der Waals surface area contributed by atoms with Gasteiger partial charge in [0, 0.05) is 17.2 Å². The number of Topliss-reactive ketones (excluding diaryl/α,β-unsaturated/α-hetero) is 1. The van der Waals surface area contributed by atoms with E-state index in [2.05, 4.69) is 25.8 Å². The minimum absolute atomic E-state index is 0.157. The maximum atomic E-state index is 14.7. The Hall–Kier alpha value is -1.29. The van der Waals surface area contributed by atoms with Gasteiger partial charge >= 0.3 is 18.3 Å². The molecule has 0 aromatic carbocycles. The molecule has 58 heavy (non-hydrogen) atoms. The number of cyclic esters (lactones) is 1. The number of halogens is 6. The lowest BCUT2D eigenvalue weighted by Crippen LogP contribution is -2.52. The number of nitrogens with zero attached hydrogens (tertiary/aromatic N) is 1. The lowest BCUT2D eigenvalue weighted by molar-refractivity contribution is -0.153. The molecule has 0 saturated carbocycles. The smallest absolute Gasteiger partial charge is 0.457 e. The number of hydrogen-bond acceptors (Lipinski definition) is 12. The van der Waals surface area contributed by atoms with E-state index < -0.39 is 77.0 Å². The molecule has 2 rings (SSSR count). The van der Waals surface area contributed by atoms with Crippen molar-refractivity contribution in [3.05, 3.63) is 33.3 Å². The molecule has 1 aromatic rings. The van der Waals surface area contributed by atoms with Crippen LogP contribution in [0.1, 0.15) is 105 Å². The highest BCUT2D eigenvalue weighted by atomic mass is 35.6. The molecule has 1 aromatic heterocycles. The quantitative estimate of drug-likeness (QED) is 0.0651. The summed E-state index contributed by atoms with van der Waals surface area (Å²) < 4.78 is 30.4. The van der Waals surface area contributed by atoms with Gasteiger partial charge in [-0.2, -0.15) is 0 Å². The van der Waals surface area contributed by atoms with Gasteiger partial charge in [-0.15, -0.1) is 11.3 Å². The van der Waals surface area contributed by atoms with Gasteiger partial charge in [-0.05, 0) is 68.8 Å². The average molecular weight is 973 g/mol. The fourth-order valence-corrected chi connectivity index (χ4v) is 10.7. The first-order valence-electron chi connectivity index (χ1n) is 19.3. The Morgan fingerprint density at radius 2 is 1.57 bits per heavy atom. The molecule has 0 amide bonds. The third kappa shape index (κ3) is 18.0. The zero-order chi connectivity index (χ0) is 44.1. The number of carbonyl (C=O) groups excluding carboxylic acids is 4. The van der Waals surface area contributed by atoms with E-state index in [0.29, 0.717) is 30.0 Å². The van der Waals surface area contributed by atoms with Gasteiger partial charge in [-0.1, -0.05) is 130 Å². The Bertz CT molecular complexity index is 1580. The van der Waals surface area contributed by atoms with Crippen LogP contribution < -0.4 is 0 Å². The second-order valence-electron chi connectivity index (χ2n) is 15.3. The topological polar surface area (TPSA) is 137 Å². The lowest BCUT2D eigenvalue weighted by Gasteiger charge is -2.42. The van der Waals surface area contributed by atoms with Crippen LogP contribution in [-0.4, -0.2) is 76.5 Å². The molecule has 0 bridgehead atoms. The predicted octanol–water partition coefficient (Wildman–Crippen LogP) is 12.5. The number of rotatable bonds is 12. The Morgan fingerprint density at radius 1 is 0.983 bits per heavy atom. The molecule has 0 saturated heterocycles. The number of carbonyl (C=O) groups is 4. The Labute approximate surface area is 378 Å². The van der Waals surface area contributed by atoms with E-state index in [9.17, 15) is 19.2 Å². The van der Waals surface area contributed by atoms with Gasteiger partial charge in [-0.3, -0.25) is 9.59 Å². The number of alkyl halides is 6. The van der Waals surface area contributed by atoms with Gasteiger partial charge in [0.15, 0.2) is 8.32 Å².